The number of aromatic nitrogens is 2. The van der Waals surface area contributed by atoms with Crippen molar-refractivity contribution in [2.24, 2.45) is 0 Å². The third-order valence-electron chi connectivity index (χ3n) is 2.81. The van der Waals surface area contributed by atoms with Gasteiger partial charge in [0.15, 0.2) is 5.82 Å². The number of hydrogen-bond donors (Lipinski definition) is 2. The third-order valence-corrected chi connectivity index (χ3v) is 4.44. The average molecular weight is 325 g/mol. The SMILES string of the molecule is CC(C)c1cc(NS(=O)(=O)c2cc(Cl)ccc2C#N)n[nH]1. The molecule has 2 rings (SSSR count). The largest absolute Gasteiger partial charge is 0.280 e. The summed E-state index contributed by atoms with van der Waals surface area (Å²) in [5.41, 5.74) is 0.825. The van der Waals surface area contributed by atoms with Crippen LogP contribution in [0.4, 0.5) is 5.82 Å². The van der Waals surface area contributed by atoms with E-state index in [1.165, 1.54) is 18.2 Å². The minimum Gasteiger partial charge on any atom is -0.280 e. The number of anilines is 1. The van der Waals surface area contributed by atoms with Crippen LogP contribution in [0.3, 0.4) is 0 Å². The Bertz CT molecular complexity index is 806. The van der Waals surface area contributed by atoms with Crippen molar-refractivity contribution in [3.63, 3.8) is 0 Å². The summed E-state index contributed by atoms with van der Waals surface area (Å²) in [6.07, 6.45) is 0. The number of rotatable bonds is 4. The van der Waals surface area contributed by atoms with Crippen LogP contribution in [0.2, 0.25) is 5.02 Å². The van der Waals surface area contributed by atoms with Gasteiger partial charge in [-0.1, -0.05) is 25.4 Å². The lowest BCUT2D eigenvalue weighted by Gasteiger charge is -2.07. The zero-order valence-electron chi connectivity index (χ0n) is 11.4. The predicted octanol–water partition coefficient (Wildman–Crippen LogP) is 2.86. The normalized spacial score (nSPS) is 11.4. The highest BCUT2D eigenvalue weighted by atomic mass is 35.5. The molecule has 2 N–H and O–H groups in total. The topological polar surface area (TPSA) is 98.6 Å². The Labute approximate surface area is 127 Å². The van der Waals surface area contributed by atoms with E-state index in [1.54, 1.807) is 6.07 Å². The molecule has 1 aromatic carbocycles. The summed E-state index contributed by atoms with van der Waals surface area (Å²) in [7, 11) is -3.93. The van der Waals surface area contributed by atoms with Gasteiger partial charge in [0, 0.05) is 16.8 Å². The first-order chi connectivity index (χ1) is 9.83. The van der Waals surface area contributed by atoms with Crippen molar-refractivity contribution >= 4 is 27.4 Å². The smallest absolute Gasteiger partial charge is 0.264 e. The number of benzene rings is 1. The molecule has 0 spiro atoms. The fraction of sp³-hybridized carbons (Fsp3) is 0.231. The lowest BCUT2D eigenvalue weighted by atomic mass is 10.1. The molecule has 0 aliphatic rings. The molecule has 0 aliphatic heterocycles. The molecule has 1 heterocycles. The first-order valence-corrected chi connectivity index (χ1v) is 7.97. The molecule has 8 heteroatoms. The highest BCUT2D eigenvalue weighted by Crippen LogP contribution is 2.23. The maximum Gasteiger partial charge on any atom is 0.264 e. The summed E-state index contributed by atoms with van der Waals surface area (Å²) in [5, 5.41) is 15.9. The average Bonchev–Trinajstić information content (AvgIpc) is 2.86. The second-order valence-electron chi connectivity index (χ2n) is 4.72. The Morgan fingerprint density at radius 3 is 2.67 bits per heavy atom. The van der Waals surface area contributed by atoms with Crippen LogP contribution >= 0.6 is 11.6 Å². The molecule has 0 unspecified atom stereocenters. The second-order valence-corrected chi connectivity index (χ2v) is 6.81. The minimum absolute atomic E-state index is 0.0199. The van der Waals surface area contributed by atoms with Gasteiger partial charge < -0.3 is 0 Å². The van der Waals surface area contributed by atoms with E-state index in [0.29, 0.717) is 0 Å². The van der Waals surface area contributed by atoms with Crippen molar-refractivity contribution in [2.75, 3.05) is 4.72 Å². The van der Waals surface area contributed by atoms with E-state index in [0.717, 1.165) is 5.69 Å². The van der Waals surface area contributed by atoms with Gasteiger partial charge in [-0.15, -0.1) is 0 Å². The van der Waals surface area contributed by atoms with Crippen LogP contribution in [0.15, 0.2) is 29.2 Å². The molecular formula is C13H13ClN4O2S. The van der Waals surface area contributed by atoms with Crippen molar-refractivity contribution in [3.05, 3.63) is 40.5 Å². The Kier molecular flexibility index (Phi) is 4.21. The summed E-state index contributed by atoms with van der Waals surface area (Å²) in [5.74, 6) is 0.360. The van der Waals surface area contributed by atoms with E-state index in [-0.39, 0.29) is 27.2 Å². The molecule has 0 fully saturated rings. The van der Waals surface area contributed by atoms with E-state index < -0.39 is 10.0 Å². The van der Waals surface area contributed by atoms with Crippen LogP contribution in [0.5, 0.6) is 0 Å². The number of halogens is 1. The first kappa shape index (κ1) is 15.4. The van der Waals surface area contributed by atoms with Gasteiger partial charge in [-0.25, -0.2) is 8.42 Å². The van der Waals surface area contributed by atoms with Gasteiger partial charge in [0.05, 0.1) is 5.56 Å². The maximum absolute atomic E-state index is 12.3. The molecule has 110 valence electrons. The third kappa shape index (κ3) is 3.35. The van der Waals surface area contributed by atoms with Crippen LogP contribution in [-0.2, 0) is 10.0 Å². The fourth-order valence-electron chi connectivity index (χ4n) is 1.69. The van der Waals surface area contributed by atoms with E-state index in [4.69, 9.17) is 16.9 Å². The van der Waals surface area contributed by atoms with Gasteiger partial charge in [-0.2, -0.15) is 10.4 Å². The van der Waals surface area contributed by atoms with Crippen molar-refractivity contribution < 1.29 is 8.42 Å². The van der Waals surface area contributed by atoms with Crippen molar-refractivity contribution in [3.8, 4) is 6.07 Å². The minimum atomic E-state index is -3.93. The molecule has 1 aromatic heterocycles. The number of H-pyrrole nitrogens is 1. The summed E-state index contributed by atoms with van der Waals surface area (Å²) in [6.45, 7) is 3.91. The van der Waals surface area contributed by atoms with Crippen molar-refractivity contribution in [1.82, 2.24) is 10.2 Å². The fourth-order valence-corrected chi connectivity index (χ4v) is 3.10. The molecule has 0 aliphatic carbocycles. The van der Waals surface area contributed by atoms with Crippen LogP contribution < -0.4 is 4.72 Å². The molecule has 6 nitrogen and oxygen atoms in total. The summed E-state index contributed by atoms with van der Waals surface area (Å²) in [6, 6.07) is 7.50. The molecule has 21 heavy (non-hydrogen) atoms. The predicted molar refractivity (Wildman–Crippen MR) is 79.7 cm³/mol. The van der Waals surface area contributed by atoms with Crippen molar-refractivity contribution in [2.45, 2.75) is 24.7 Å². The number of aromatic amines is 1. The zero-order valence-corrected chi connectivity index (χ0v) is 13.0. The molecule has 0 saturated heterocycles. The maximum atomic E-state index is 12.3. The van der Waals surface area contributed by atoms with E-state index in [2.05, 4.69) is 14.9 Å². The molecule has 0 amide bonds. The van der Waals surface area contributed by atoms with Gasteiger partial charge >= 0.3 is 0 Å². The van der Waals surface area contributed by atoms with Crippen LogP contribution in [0, 0.1) is 11.3 Å². The van der Waals surface area contributed by atoms with Gasteiger partial charge in [0.1, 0.15) is 11.0 Å². The van der Waals surface area contributed by atoms with Crippen LogP contribution in [-0.4, -0.2) is 18.6 Å². The monoisotopic (exact) mass is 324 g/mol. The Hall–Kier alpha value is -2.04. The van der Waals surface area contributed by atoms with E-state index >= 15 is 0 Å². The Morgan fingerprint density at radius 2 is 2.10 bits per heavy atom. The van der Waals surface area contributed by atoms with E-state index in [9.17, 15) is 8.42 Å². The number of hydrogen-bond acceptors (Lipinski definition) is 4. The lowest BCUT2D eigenvalue weighted by Crippen LogP contribution is -2.14. The standard InChI is InChI=1S/C13H13ClN4O2S/c1-8(2)11-6-13(17-16-11)18-21(19,20)12-5-10(14)4-3-9(12)7-15/h3-6,8H,1-2H3,(H2,16,17,18). The number of nitrogens with zero attached hydrogens (tertiary/aromatic N) is 2. The summed E-state index contributed by atoms with van der Waals surface area (Å²) >= 11 is 5.81. The molecule has 0 atom stereocenters. The Morgan fingerprint density at radius 1 is 1.38 bits per heavy atom. The van der Waals surface area contributed by atoms with E-state index in [1.807, 2.05) is 19.9 Å². The summed E-state index contributed by atoms with van der Waals surface area (Å²) < 4.78 is 27.0. The van der Waals surface area contributed by atoms with Gasteiger partial charge in [-0.3, -0.25) is 9.82 Å². The van der Waals surface area contributed by atoms with Crippen LogP contribution in [0.25, 0.3) is 0 Å². The quantitative estimate of drug-likeness (QED) is 0.903. The summed E-state index contributed by atoms with van der Waals surface area (Å²) in [4.78, 5) is -0.174. The first-order valence-electron chi connectivity index (χ1n) is 6.11. The molecule has 0 saturated carbocycles. The zero-order chi connectivity index (χ0) is 15.6. The number of nitrogens with one attached hydrogen (secondary N) is 2. The van der Waals surface area contributed by atoms with Gasteiger partial charge in [-0.05, 0) is 24.1 Å². The lowest BCUT2D eigenvalue weighted by molar-refractivity contribution is 0.600. The molecule has 2 aromatic rings. The van der Waals surface area contributed by atoms with Crippen molar-refractivity contribution in [1.29, 1.82) is 5.26 Å². The van der Waals surface area contributed by atoms with Gasteiger partial charge in [0.25, 0.3) is 10.0 Å². The number of sulfonamides is 1. The molecular weight excluding hydrogens is 312 g/mol. The second kappa shape index (κ2) is 5.76. The highest BCUT2D eigenvalue weighted by molar-refractivity contribution is 7.92. The Balaban J connectivity index is 2.38. The van der Waals surface area contributed by atoms with Crippen LogP contribution in [0.1, 0.15) is 31.0 Å². The highest BCUT2D eigenvalue weighted by Gasteiger charge is 2.20. The number of nitriles is 1. The van der Waals surface area contributed by atoms with Gasteiger partial charge in [0.2, 0.25) is 0 Å². The molecule has 0 bridgehead atoms. The molecule has 0 radical (unpaired) electrons.